The largest absolute Gasteiger partial charge is 0.387 e. The second kappa shape index (κ2) is 5.93. The molecule has 2 unspecified atom stereocenters. The van der Waals surface area contributed by atoms with Gasteiger partial charge in [0.25, 0.3) is 0 Å². The highest BCUT2D eigenvalue weighted by molar-refractivity contribution is 5.84. The van der Waals surface area contributed by atoms with Crippen molar-refractivity contribution >= 4 is 5.91 Å². The summed E-state index contributed by atoms with van der Waals surface area (Å²) in [6.45, 7) is 3.70. The van der Waals surface area contributed by atoms with Gasteiger partial charge in [-0.05, 0) is 31.0 Å². The van der Waals surface area contributed by atoms with Crippen LogP contribution in [0.3, 0.4) is 0 Å². The van der Waals surface area contributed by atoms with Gasteiger partial charge in [0, 0.05) is 6.54 Å². The van der Waals surface area contributed by atoms with Gasteiger partial charge in [-0.3, -0.25) is 4.79 Å². The van der Waals surface area contributed by atoms with Crippen molar-refractivity contribution in [2.24, 2.45) is 5.73 Å². The van der Waals surface area contributed by atoms with Crippen LogP contribution in [0.15, 0.2) is 24.3 Å². The molecule has 1 aromatic carbocycles. The Kier molecular flexibility index (Phi) is 4.81. The Morgan fingerprint density at radius 3 is 2.50 bits per heavy atom. The summed E-state index contributed by atoms with van der Waals surface area (Å²) in [7, 11) is 0. The van der Waals surface area contributed by atoms with Crippen LogP contribution in [0, 0.1) is 5.82 Å². The number of carbonyl (C=O) groups is 1. The van der Waals surface area contributed by atoms with Crippen molar-refractivity contribution in [2.45, 2.75) is 31.9 Å². The number of hydrogen-bond donors (Lipinski definition) is 3. The van der Waals surface area contributed by atoms with Crippen molar-refractivity contribution in [3.8, 4) is 0 Å². The monoisotopic (exact) mass is 254 g/mol. The predicted octanol–water partition coefficient (Wildman–Crippen LogP) is 1.10. The summed E-state index contributed by atoms with van der Waals surface area (Å²) in [4.78, 5) is 11.3. The van der Waals surface area contributed by atoms with Crippen LogP contribution in [0.25, 0.3) is 0 Å². The lowest BCUT2D eigenvalue weighted by Gasteiger charge is -2.27. The van der Waals surface area contributed by atoms with Crippen LogP contribution in [0.1, 0.15) is 31.9 Å². The first-order valence-electron chi connectivity index (χ1n) is 5.87. The van der Waals surface area contributed by atoms with Crippen LogP contribution in [0.5, 0.6) is 0 Å². The minimum absolute atomic E-state index is 0.179. The van der Waals surface area contributed by atoms with Crippen LogP contribution >= 0.6 is 0 Å². The number of aliphatic hydroxyl groups excluding tert-OH is 1. The molecule has 0 saturated heterocycles. The number of nitrogens with one attached hydrogen (secondary N) is 1. The van der Waals surface area contributed by atoms with Gasteiger partial charge >= 0.3 is 0 Å². The molecule has 0 aliphatic heterocycles. The maximum atomic E-state index is 12.7. The summed E-state index contributed by atoms with van der Waals surface area (Å²) in [5, 5.41) is 12.9. The van der Waals surface area contributed by atoms with Crippen LogP contribution in [0.2, 0.25) is 0 Å². The summed E-state index contributed by atoms with van der Waals surface area (Å²) in [5.41, 5.74) is 5.04. The summed E-state index contributed by atoms with van der Waals surface area (Å²) in [6, 6.07) is 5.59. The quantitative estimate of drug-likeness (QED) is 0.711. The summed E-state index contributed by atoms with van der Waals surface area (Å²) >= 11 is 0. The summed E-state index contributed by atoms with van der Waals surface area (Å²) < 4.78 is 12.7. The van der Waals surface area contributed by atoms with Crippen molar-refractivity contribution in [3.05, 3.63) is 35.6 Å². The SMILES string of the molecule is CCC(C)(NCC(O)c1ccc(F)cc1)C(N)=O. The Morgan fingerprint density at radius 2 is 2.06 bits per heavy atom. The lowest BCUT2D eigenvalue weighted by molar-refractivity contribution is -0.124. The third-order valence-electron chi connectivity index (χ3n) is 3.19. The molecule has 100 valence electrons. The standard InChI is InChI=1S/C13H19FN2O2/c1-3-13(2,12(15)18)16-8-11(17)9-4-6-10(14)7-5-9/h4-7,11,16-17H,3,8H2,1-2H3,(H2,15,18). The van der Waals surface area contributed by atoms with Gasteiger partial charge in [-0.15, -0.1) is 0 Å². The topological polar surface area (TPSA) is 75.3 Å². The van der Waals surface area contributed by atoms with Crippen LogP contribution in [-0.2, 0) is 4.79 Å². The third-order valence-corrected chi connectivity index (χ3v) is 3.19. The smallest absolute Gasteiger partial charge is 0.237 e. The number of β-amino-alcohol motifs (C(OH)–C–C–N with tert-alkyl or cyclic N) is 1. The molecular weight excluding hydrogens is 235 g/mol. The minimum atomic E-state index is -0.846. The molecule has 5 heteroatoms. The van der Waals surface area contributed by atoms with Crippen molar-refractivity contribution < 1.29 is 14.3 Å². The zero-order valence-corrected chi connectivity index (χ0v) is 10.6. The first kappa shape index (κ1) is 14.6. The molecule has 0 spiro atoms. The van der Waals surface area contributed by atoms with Crippen molar-refractivity contribution in [1.82, 2.24) is 5.32 Å². The summed E-state index contributed by atoms with van der Waals surface area (Å²) in [6.07, 6.45) is -0.283. The van der Waals surface area contributed by atoms with Gasteiger partial charge in [-0.25, -0.2) is 4.39 Å². The minimum Gasteiger partial charge on any atom is -0.387 e. The molecule has 18 heavy (non-hydrogen) atoms. The molecule has 1 aromatic rings. The number of rotatable bonds is 6. The fourth-order valence-electron chi connectivity index (χ4n) is 1.51. The van der Waals surface area contributed by atoms with Gasteiger partial charge in [-0.1, -0.05) is 19.1 Å². The van der Waals surface area contributed by atoms with E-state index >= 15 is 0 Å². The highest BCUT2D eigenvalue weighted by Crippen LogP contribution is 2.15. The molecule has 0 saturated carbocycles. The van der Waals surface area contributed by atoms with Gasteiger partial charge in [0.15, 0.2) is 0 Å². The molecule has 0 aliphatic rings. The lowest BCUT2D eigenvalue weighted by atomic mass is 9.97. The molecule has 0 aliphatic carbocycles. The number of primary amides is 1. The van der Waals surface area contributed by atoms with E-state index in [0.717, 1.165) is 0 Å². The van der Waals surface area contributed by atoms with Crippen LogP contribution in [-0.4, -0.2) is 23.1 Å². The molecule has 4 N–H and O–H groups in total. The second-order valence-corrected chi connectivity index (χ2v) is 4.50. The summed E-state index contributed by atoms with van der Waals surface area (Å²) in [5.74, 6) is -0.814. The molecule has 0 heterocycles. The Hall–Kier alpha value is -1.46. The predicted molar refractivity (Wildman–Crippen MR) is 67.3 cm³/mol. The van der Waals surface area contributed by atoms with Crippen molar-refractivity contribution in [3.63, 3.8) is 0 Å². The fourth-order valence-corrected chi connectivity index (χ4v) is 1.51. The number of amides is 1. The molecule has 0 radical (unpaired) electrons. The van der Waals surface area contributed by atoms with Crippen molar-refractivity contribution in [1.29, 1.82) is 0 Å². The van der Waals surface area contributed by atoms with Crippen LogP contribution < -0.4 is 11.1 Å². The number of carbonyl (C=O) groups excluding carboxylic acids is 1. The highest BCUT2D eigenvalue weighted by Gasteiger charge is 2.28. The molecule has 0 bridgehead atoms. The Labute approximate surface area is 106 Å². The van der Waals surface area contributed by atoms with E-state index in [2.05, 4.69) is 5.32 Å². The number of halogens is 1. The average molecular weight is 254 g/mol. The maximum absolute atomic E-state index is 12.7. The Balaban J connectivity index is 2.63. The zero-order chi connectivity index (χ0) is 13.8. The molecule has 1 rings (SSSR count). The number of aliphatic hydroxyl groups is 1. The van der Waals surface area contributed by atoms with E-state index in [1.165, 1.54) is 24.3 Å². The first-order chi connectivity index (χ1) is 8.39. The molecule has 4 nitrogen and oxygen atoms in total. The number of benzene rings is 1. The Morgan fingerprint density at radius 1 is 1.50 bits per heavy atom. The molecular formula is C13H19FN2O2. The van der Waals surface area contributed by atoms with E-state index in [1.54, 1.807) is 6.92 Å². The van der Waals surface area contributed by atoms with Crippen molar-refractivity contribution in [2.75, 3.05) is 6.54 Å². The van der Waals surface area contributed by atoms with E-state index in [0.29, 0.717) is 12.0 Å². The van der Waals surface area contributed by atoms with E-state index in [9.17, 15) is 14.3 Å². The van der Waals surface area contributed by atoms with E-state index in [1.807, 2.05) is 6.92 Å². The third kappa shape index (κ3) is 3.51. The van der Waals surface area contributed by atoms with Gasteiger partial charge in [-0.2, -0.15) is 0 Å². The fraction of sp³-hybridized carbons (Fsp3) is 0.462. The van der Waals surface area contributed by atoms with Gasteiger partial charge in [0.2, 0.25) is 5.91 Å². The highest BCUT2D eigenvalue weighted by atomic mass is 19.1. The molecule has 0 aromatic heterocycles. The van der Waals surface area contributed by atoms with E-state index in [-0.39, 0.29) is 12.4 Å². The van der Waals surface area contributed by atoms with Crippen LogP contribution in [0.4, 0.5) is 4.39 Å². The van der Waals surface area contributed by atoms with Gasteiger partial charge in [0.1, 0.15) is 5.82 Å². The zero-order valence-electron chi connectivity index (χ0n) is 10.6. The normalized spacial score (nSPS) is 16.0. The number of nitrogens with two attached hydrogens (primary N) is 1. The van der Waals surface area contributed by atoms with Gasteiger partial charge in [0.05, 0.1) is 11.6 Å². The van der Waals surface area contributed by atoms with E-state index in [4.69, 9.17) is 5.73 Å². The maximum Gasteiger partial charge on any atom is 0.237 e. The van der Waals surface area contributed by atoms with E-state index < -0.39 is 17.6 Å². The average Bonchev–Trinajstić information content (AvgIpc) is 2.36. The first-order valence-corrected chi connectivity index (χ1v) is 5.87. The lowest BCUT2D eigenvalue weighted by Crippen LogP contribution is -2.53. The molecule has 1 amide bonds. The number of hydrogen-bond acceptors (Lipinski definition) is 3. The van der Waals surface area contributed by atoms with Gasteiger partial charge < -0.3 is 16.2 Å². The Bertz CT molecular complexity index is 408. The molecule has 0 fully saturated rings. The molecule has 2 atom stereocenters. The second-order valence-electron chi connectivity index (χ2n) is 4.50.